The molecule has 0 aromatic heterocycles. The van der Waals surface area contributed by atoms with E-state index < -0.39 is 29.6 Å². The monoisotopic (exact) mass is 563 g/mol. The zero-order valence-electron chi connectivity index (χ0n) is 22.5. The molecular weight excluding hydrogens is 530 g/mol. The molecule has 4 aliphatic rings. The number of hydrogen-bond acceptors (Lipinski definition) is 5. The molecule has 3 aliphatic heterocycles. The Morgan fingerprint density at radius 1 is 1.10 bits per heavy atom. The molecule has 2 N–H and O–H groups in total. The Morgan fingerprint density at radius 2 is 1.90 bits per heavy atom. The van der Waals surface area contributed by atoms with E-state index in [1.54, 1.807) is 36.3 Å². The van der Waals surface area contributed by atoms with Crippen LogP contribution in [0.4, 0.5) is 5.69 Å². The number of methoxy groups -OCH3 is 1. The summed E-state index contributed by atoms with van der Waals surface area (Å²) in [5.74, 6) is -1.74. The second-order valence-corrected chi connectivity index (χ2v) is 11.5. The maximum absolute atomic E-state index is 14.2. The summed E-state index contributed by atoms with van der Waals surface area (Å²) in [5.41, 5.74) is 0.265. The summed E-state index contributed by atoms with van der Waals surface area (Å²) in [6.07, 6.45) is 8.73. The van der Waals surface area contributed by atoms with Crippen LogP contribution in [-0.4, -0.2) is 60.1 Å². The van der Waals surface area contributed by atoms with Gasteiger partial charge in [0.25, 0.3) is 0 Å². The van der Waals surface area contributed by atoms with Gasteiger partial charge in [0, 0.05) is 29.4 Å². The molecule has 2 saturated heterocycles. The minimum Gasteiger partial charge on any atom is -0.497 e. The van der Waals surface area contributed by atoms with Gasteiger partial charge in [0.15, 0.2) is 0 Å². The highest BCUT2D eigenvalue weighted by atomic mass is 35.5. The number of anilines is 1. The standard InChI is InChI=1S/C31H34ClN3O5/c1-39-22-12-7-11-21(18-22)34-28(36)25-24-14-16-31(40-24)26(25)30(38)35(17-15-19-8-5-6-13-23(19)32)27(31)29(37)33-20-9-3-2-4-10-20/h5-8,11-14,16,18,20,24-27H,2-4,9-10,15,17H2,1H3,(H,33,37)(H,34,36)/t24-,25+,26-,27-,31-/m0/s1. The van der Waals surface area contributed by atoms with E-state index in [-0.39, 0.29) is 30.3 Å². The fourth-order valence-electron chi connectivity index (χ4n) is 6.90. The van der Waals surface area contributed by atoms with Crippen LogP contribution in [0, 0.1) is 11.8 Å². The van der Waals surface area contributed by atoms with Crippen LogP contribution in [0.3, 0.4) is 0 Å². The summed E-state index contributed by atoms with van der Waals surface area (Å²) in [4.78, 5) is 43.4. The molecule has 3 amide bonds. The number of likely N-dealkylation sites (tertiary alicyclic amines) is 1. The highest BCUT2D eigenvalue weighted by molar-refractivity contribution is 6.31. The lowest BCUT2D eigenvalue weighted by atomic mass is 9.74. The zero-order valence-corrected chi connectivity index (χ0v) is 23.2. The van der Waals surface area contributed by atoms with Crippen LogP contribution in [0.2, 0.25) is 5.02 Å². The number of ether oxygens (including phenoxy) is 2. The first kappa shape index (κ1) is 26.8. The van der Waals surface area contributed by atoms with Crippen LogP contribution in [0.25, 0.3) is 0 Å². The van der Waals surface area contributed by atoms with E-state index in [2.05, 4.69) is 10.6 Å². The van der Waals surface area contributed by atoms with E-state index in [1.165, 1.54) is 6.42 Å². The third-order valence-corrected chi connectivity index (χ3v) is 9.16. The first-order valence-electron chi connectivity index (χ1n) is 14.1. The summed E-state index contributed by atoms with van der Waals surface area (Å²) in [5, 5.41) is 6.78. The molecule has 0 unspecified atom stereocenters. The van der Waals surface area contributed by atoms with E-state index in [1.807, 2.05) is 36.4 Å². The van der Waals surface area contributed by atoms with Crippen LogP contribution in [0.1, 0.15) is 37.7 Å². The number of nitrogens with zero attached hydrogens (tertiary/aromatic N) is 1. The Bertz CT molecular complexity index is 1340. The fraction of sp³-hybridized carbons (Fsp3) is 0.452. The van der Waals surface area contributed by atoms with Gasteiger partial charge in [-0.2, -0.15) is 0 Å². The minimum absolute atomic E-state index is 0.0759. The van der Waals surface area contributed by atoms with Crippen LogP contribution in [-0.2, 0) is 25.5 Å². The number of fused-ring (bicyclic) bond motifs is 1. The summed E-state index contributed by atoms with van der Waals surface area (Å²) in [6.45, 7) is 0.287. The Balaban J connectivity index is 1.29. The van der Waals surface area contributed by atoms with E-state index in [4.69, 9.17) is 21.1 Å². The van der Waals surface area contributed by atoms with Crippen molar-refractivity contribution in [2.75, 3.05) is 19.0 Å². The molecule has 2 bridgehead atoms. The number of amides is 3. The topological polar surface area (TPSA) is 97.0 Å². The molecule has 1 aliphatic carbocycles. The van der Waals surface area contributed by atoms with Crippen LogP contribution in [0.15, 0.2) is 60.7 Å². The predicted molar refractivity (Wildman–Crippen MR) is 151 cm³/mol. The molecule has 1 saturated carbocycles. The van der Waals surface area contributed by atoms with E-state index in [0.717, 1.165) is 31.2 Å². The SMILES string of the molecule is COc1cccc(NC(=O)[C@@H]2[C@@H]3C=C[C@]4(O3)[C@@H]2C(=O)N(CCc2ccccc2Cl)[C@H]4C(=O)NC2CCCCC2)c1. The predicted octanol–water partition coefficient (Wildman–Crippen LogP) is 4.13. The molecule has 1 spiro atoms. The Labute approximate surface area is 239 Å². The summed E-state index contributed by atoms with van der Waals surface area (Å²) >= 11 is 6.41. The van der Waals surface area contributed by atoms with Crippen molar-refractivity contribution in [2.24, 2.45) is 11.8 Å². The normalized spacial score (nSPS) is 28.9. The van der Waals surface area contributed by atoms with Crippen molar-refractivity contribution in [3.8, 4) is 5.75 Å². The van der Waals surface area contributed by atoms with Crippen molar-refractivity contribution in [1.82, 2.24) is 10.2 Å². The zero-order chi connectivity index (χ0) is 27.9. The second kappa shape index (κ2) is 10.9. The number of halogens is 1. The molecular formula is C31H34ClN3O5. The van der Waals surface area contributed by atoms with Gasteiger partial charge < -0.3 is 25.0 Å². The molecule has 210 valence electrons. The Kier molecular flexibility index (Phi) is 7.31. The van der Waals surface area contributed by atoms with Gasteiger partial charge in [0.2, 0.25) is 17.7 Å². The molecule has 3 heterocycles. The summed E-state index contributed by atoms with van der Waals surface area (Å²) in [7, 11) is 1.56. The number of hydrogen-bond donors (Lipinski definition) is 2. The third kappa shape index (κ3) is 4.67. The number of rotatable bonds is 8. The van der Waals surface area contributed by atoms with Crippen molar-refractivity contribution in [1.29, 1.82) is 0 Å². The molecule has 2 aromatic carbocycles. The lowest BCUT2D eigenvalue weighted by Gasteiger charge is -2.34. The Morgan fingerprint density at radius 3 is 2.67 bits per heavy atom. The third-order valence-electron chi connectivity index (χ3n) is 8.79. The second-order valence-electron chi connectivity index (χ2n) is 11.1. The molecule has 8 nitrogen and oxygen atoms in total. The Hall–Kier alpha value is -3.36. The molecule has 3 fully saturated rings. The van der Waals surface area contributed by atoms with Crippen LogP contribution < -0.4 is 15.4 Å². The molecule has 6 rings (SSSR count). The smallest absolute Gasteiger partial charge is 0.246 e. The van der Waals surface area contributed by atoms with Crippen molar-refractivity contribution in [3.05, 3.63) is 71.3 Å². The van der Waals surface area contributed by atoms with Crippen molar-refractivity contribution in [3.63, 3.8) is 0 Å². The molecule has 0 radical (unpaired) electrons. The average Bonchev–Trinajstić information content (AvgIpc) is 3.60. The number of carbonyl (C=O) groups excluding carboxylic acids is 3. The van der Waals surface area contributed by atoms with Crippen molar-refractivity contribution in [2.45, 2.75) is 62.3 Å². The van der Waals surface area contributed by atoms with Crippen molar-refractivity contribution < 1.29 is 23.9 Å². The van der Waals surface area contributed by atoms with Crippen LogP contribution in [0.5, 0.6) is 5.75 Å². The summed E-state index contributed by atoms with van der Waals surface area (Å²) < 4.78 is 11.7. The van der Waals surface area contributed by atoms with E-state index in [9.17, 15) is 14.4 Å². The van der Waals surface area contributed by atoms with Crippen LogP contribution >= 0.6 is 11.6 Å². The van der Waals surface area contributed by atoms with Gasteiger partial charge in [-0.25, -0.2) is 0 Å². The molecule has 9 heteroatoms. The van der Waals surface area contributed by atoms with Gasteiger partial charge in [-0.05, 0) is 43.0 Å². The first-order valence-corrected chi connectivity index (χ1v) is 14.5. The largest absolute Gasteiger partial charge is 0.497 e. The van der Waals surface area contributed by atoms with Gasteiger partial charge in [0.1, 0.15) is 17.4 Å². The summed E-state index contributed by atoms with van der Waals surface area (Å²) in [6, 6.07) is 13.8. The maximum atomic E-state index is 14.2. The minimum atomic E-state index is -1.20. The first-order chi connectivity index (χ1) is 19.4. The number of benzene rings is 2. The lowest BCUT2D eigenvalue weighted by molar-refractivity contribution is -0.141. The van der Waals surface area contributed by atoms with Gasteiger partial charge in [-0.1, -0.05) is 67.3 Å². The van der Waals surface area contributed by atoms with Crippen molar-refractivity contribution >= 4 is 35.0 Å². The fourth-order valence-corrected chi connectivity index (χ4v) is 7.13. The average molecular weight is 564 g/mol. The van der Waals surface area contributed by atoms with Gasteiger partial charge in [0.05, 0.1) is 25.0 Å². The van der Waals surface area contributed by atoms with E-state index in [0.29, 0.717) is 22.9 Å². The quantitative estimate of drug-likeness (QED) is 0.471. The number of carbonyl (C=O) groups is 3. The lowest BCUT2D eigenvalue weighted by Crippen LogP contribution is -2.56. The highest BCUT2D eigenvalue weighted by Gasteiger charge is 2.72. The molecule has 40 heavy (non-hydrogen) atoms. The highest BCUT2D eigenvalue weighted by Crippen LogP contribution is 2.55. The molecule has 5 atom stereocenters. The van der Waals surface area contributed by atoms with Gasteiger partial charge >= 0.3 is 0 Å². The van der Waals surface area contributed by atoms with E-state index >= 15 is 0 Å². The molecule has 2 aromatic rings. The van der Waals surface area contributed by atoms with Gasteiger partial charge in [-0.3, -0.25) is 14.4 Å². The maximum Gasteiger partial charge on any atom is 0.246 e. The van der Waals surface area contributed by atoms with Gasteiger partial charge in [-0.15, -0.1) is 0 Å². The number of nitrogens with one attached hydrogen (secondary N) is 2.